The van der Waals surface area contributed by atoms with E-state index in [0.29, 0.717) is 16.9 Å². The molecule has 0 fully saturated rings. The Morgan fingerprint density at radius 2 is 1.61 bits per heavy atom. The van der Waals surface area contributed by atoms with Gasteiger partial charge in [-0.15, -0.1) is 0 Å². The molecule has 0 aliphatic rings. The maximum Gasteiger partial charge on any atom is 0.389 e. The molecular formula is C21H25F3O4. The Hall–Kier alpha value is -2.41. The van der Waals surface area contributed by atoms with Crippen LogP contribution in [0.5, 0.6) is 17.2 Å². The quantitative estimate of drug-likeness (QED) is 0.557. The van der Waals surface area contributed by atoms with Crippen LogP contribution in [0, 0.1) is 5.41 Å². The predicted molar refractivity (Wildman–Crippen MR) is 99.2 cm³/mol. The van der Waals surface area contributed by atoms with Gasteiger partial charge in [0.1, 0.15) is 23.9 Å². The highest BCUT2D eigenvalue weighted by molar-refractivity contribution is 5.39. The summed E-state index contributed by atoms with van der Waals surface area (Å²) in [5.74, 6) is 0.334. The Kier molecular flexibility index (Phi) is 6.18. The minimum atomic E-state index is -4.29. The molecule has 0 radical (unpaired) electrons. The number of halogens is 3. The van der Waals surface area contributed by atoms with Crippen molar-refractivity contribution < 1.29 is 33.2 Å². The van der Waals surface area contributed by atoms with Gasteiger partial charge in [-0.3, -0.25) is 0 Å². The smallest absolute Gasteiger partial charge is 0.389 e. The molecule has 4 nitrogen and oxygen atoms in total. The van der Waals surface area contributed by atoms with Crippen LogP contribution in [0.2, 0.25) is 0 Å². The summed E-state index contributed by atoms with van der Waals surface area (Å²) in [5.41, 5.74) is -1.75. The van der Waals surface area contributed by atoms with Crippen molar-refractivity contribution in [3.05, 3.63) is 53.6 Å². The van der Waals surface area contributed by atoms with Crippen LogP contribution in [-0.4, -0.2) is 21.5 Å². The van der Waals surface area contributed by atoms with Crippen molar-refractivity contribution in [2.24, 2.45) is 5.41 Å². The van der Waals surface area contributed by atoms with Crippen LogP contribution in [0.25, 0.3) is 0 Å². The summed E-state index contributed by atoms with van der Waals surface area (Å²) in [6.45, 7) is 4.65. The zero-order valence-electron chi connectivity index (χ0n) is 16.0. The summed E-state index contributed by atoms with van der Waals surface area (Å²) >= 11 is 0. The Morgan fingerprint density at radius 3 is 2.25 bits per heavy atom. The highest BCUT2D eigenvalue weighted by atomic mass is 19.4. The van der Waals surface area contributed by atoms with Crippen LogP contribution in [0.15, 0.2) is 42.5 Å². The molecular weight excluding hydrogens is 373 g/mol. The zero-order chi connectivity index (χ0) is 21.2. The molecule has 1 atom stereocenters. The fraction of sp³-hybridized carbons (Fsp3) is 0.429. The molecule has 0 saturated carbocycles. The average molecular weight is 398 g/mol. The first-order valence-electron chi connectivity index (χ1n) is 8.85. The molecule has 154 valence electrons. The second-order valence-corrected chi connectivity index (χ2v) is 7.70. The number of hydrogen-bond acceptors (Lipinski definition) is 4. The number of benzene rings is 2. The molecule has 0 saturated heterocycles. The van der Waals surface area contributed by atoms with E-state index in [1.807, 2.05) is 0 Å². The van der Waals surface area contributed by atoms with Gasteiger partial charge in [-0.25, -0.2) is 0 Å². The zero-order valence-corrected chi connectivity index (χ0v) is 16.0. The van der Waals surface area contributed by atoms with Gasteiger partial charge in [0, 0.05) is 12.0 Å². The second kappa shape index (κ2) is 7.91. The number of aliphatic hydroxyl groups is 1. The van der Waals surface area contributed by atoms with E-state index in [1.54, 1.807) is 38.1 Å². The first kappa shape index (κ1) is 21.9. The summed E-state index contributed by atoms with van der Waals surface area (Å²) in [7, 11) is 0. The topological polar surface area (TPSA) is 69.9 Å². The molecule has 1 unspecified atom stereocenters. The largest absolute Gasteiger partial charge is 0.508 e. The fourth-order valence-electron chi connectivity index (χ4n) is 2.83. The van der Waals surface area contributed by atoms with E-state index in [9.17, 15) is 28.5 Å². The van der Waals surface area contributed by atoms with Crippen molar-refractivity contribution in [1.29, 1.82) is 0 Å². The van der Waals surface area contributed by atoms with E-state index in [2.05, 4.69) is 0 Å². The van der Waals surface area contributed by atoms with Crippen LogP contribution in [0.1, 0.15) is 44.7 Å². The molecule has 3 N–H and O–H groups in total. The van der Waals surface area contributed by atoms with E-state index < -0.39 is 23.6 Å². The minimum Gasteiger partial charge on any atom is -0.508 e. The fourth-order valence-corrected chi connectivity index (χ4v) is 2.83. The number of ether oxygens (including phenoxy) is 1. The number of aromatic hydroxyl groups is 2. The van der Waals surface area contributed by atoms with E-state index in [1.165, 1.54) is 25.1 Å². The van der Waals surface area contributed by atoms with E-state index in [4.69, 9.17) is 4.74 Å². The monoisotopic (exact) mass is 398 g/mol. The number of phenolic OH excluding ortho intramolecular Hbond substituents is 2. The Bertz CT molecular complexity index is 814. The predicted octanol–water partition coefficient (Wildman–Crippen LogP) is 5.25. The molecule has 2 aromatic carbocycles. The van der Waals surface area contributed by atoms with Crippen molar-refractivity contribution in [3.63, 3.8) is 0 Å². The van der Waals surface area contributed by atoms with Gasteiger partial charge in [0.25, 0.3) is 0 Å². The molecule has 0 aromatic heterocycles. The molecule has 0 aliphatic carbocycles. The maximum atomic E-state index is 12.6. The standard InChI is InChI=1S/C21H25F3O4/c1-19(2,9-10-21(22,23)24)20(3,27)15-5-4-6-17(12-15)28-13-14-11-16(25)7-8-18(14)26/h4-8,11-12,25-27H,9-10,13H2,1-3H3. The van der Waals surface area contributed by atoms with Gasteiger partial charge in [0.15, 0.2) is 0 Å². The number of alkyl halides is 3. The SMILES string of the molecule is CC(C)(CCC(F)(F)F)C(C)(O)c1cccc(OCc2cc(O)ccc2O)c1. The van der Waals surface area contributed by atoms with Crippen LogP contribution < -0.4 is 4.74 Å². The molecule has 0 aliphatic heterocycles. The lowest BCUT2D eigenvalue weighted by atomic mass is 9.69. The summed E-state index contributed by atoms with van der Waals surface area (Å²) < 4.78 is 43.5. The molecule has 2 rings (SSSR count). The highest BCUT2D eigenvalue weighted by Crippen LogP contribution is 2.45. The summed E-state index contributed by atoms with van der Waals surface area (Å²) in [6, 6.07) is 10.5. The minimum absolute atomic E-state index is 0.0144. The van der Waals surface area contributed by atoms with Gasteiger partial charge in [0.05, 0.1) is 5.60 Å². The highest BCUT2D eigenvalue weighted by Gasteiger charge is 2.43. The molecule has 0 spiro atoms. The normalized spacial score (nSPS) is 14.5. The summed E-state index contributed by atoms with van der Waals surface area (Å²) in [5, 5.41) is 30.3. The van der Waals surface area contributed by atoms with Crippen molar-refractivity contribution in [3.8, 4) is 17.2 Å². The van der Waals surface area contributed by atoms with Gasteiger partial charge in [0.2, 0.25) is 0 Å². The Morgan fingerprint density at radius 1 is 0.929 bits per heavy atom. The first-order valence-corrected chi connectivity index (χ1v) is 8.85. The van der Waals surface area contributed by atoms with Crippen molar-refractivity contribution >= 4 is 0 Å². The molecule has 0 amide bonds. The first-order chi connectivity index (χ1) is 12.8. The third-order valence-electron chi connectivity index (χ3n) is 5.20. The van der Waals surface area contributed by atoms with Crippen LogP contribution >= 0.6 is 0 Å². The third-order valence-corrected chi connectivity index (χ3v) is 5.20. The van der Waals surface area contributed by atoms with Crippen molar-refractivity contribution in [1.82, 2.24) is 0 Å². The van der Waals surface area contributed by atoms with Crippen molar-refractivity contribution in [2.45, 2.75) is 52.0 Å². The number of rotatable bonds is 7. The van der Waals surface area contributed by atoms with Gasteiger partial charge in [-0.05, 0) is 54.7 Å². The van der Waals surface area contributed by atoms with E-state index >= 15 is 0 Å². The van der Waals surface area contributed by atoms with E-state index in [-0.39, 0.29) is 24.5 Å². The van der Waals surface area contributed by atoms with Crippen LogP contribution in [0.4, 0.5) is 13.2 Å². The summed E-state index contributed by atoms with van der Waals surface area (Å²) in [4.78, 5) is 0. The third kappa shape index (κ3) is 5.32. The van der Waals surface area contributed by atoms with Crippen LogP contribution in [0.3, 0.4) is 0 Å². The van der Waals surface area contributed by atoms with Gasteiger partial charge in [-0.2, -0.15) is 13.2 Å². The molecule has 7 heteroatoms. The lowest BCUT2D eigenvalue weighted by Gasteiger charge is -2.41. The Balaban J connectivity index is 2.17. The molecule has 2 aromatic rings. The van der Waals surface area contributed by atoms with Crippen molar-refractivity contribution in [2.75, 3.05) is 0 Å². The Labute approximate surface area is 162 Å². The number of hydrogen-bond donors (Lipinski definition) is 3. The molecule has 0 bridgehead atoms. The molecule has 0 heterocycles. The average Bonchev–Trinajstić information content (AvgIpc) is 2.60. The van der Waals surface area contributed by atoms with Crippen LogP contribution in [-0.2, 0) is 12.2 Å². The number of phenols is 2. The summed E-state index contributed by atoms with van der Waals surface area (Å²) in [6.07, 6.45) is -5.50. The van der Waals surface area contributed by atoms with Gasteiger partial charge in [-0.1, -0.05) is 26.0 Å². The van der Waals surface area contributed by atoms with Gasteiger partial charge < -0.3 is 20.1 Å². The second-order valence-electron chi connectivity index (χ2n) is 7.70. The van der Waals surface area contributed by atoms with E-state index in [0.717, 1.165) is 0 Å². The lowest BCUT2D eigenvalue weighted by Crippen LogP contribution is -2.40. The molecule has 28 heavy (non-hydrogen) atoms. The van der Waals surface area contributed by atoms with Gasteiger partial charge >= 0.3 is 6.18 Å². The lowest BCUT2D eigenvalue weighted by molar-refractivity contribution is -0.151. The maximum absolute atomic E-state index is 12.6.